The first-order valence-corrected chi connectivity index (χ1v) is 9.89. The van der Waals surface area contributed by atoms with E-state index in [0.717, 1.165) is 48.5 Å². The van der Waals surface area contributed by atoms with Crippen molar-refractivity contribution in [3.63, 3.8) is 0 Å². The fourth-order valence-electron chi connectivity index (χ4n) is 4.06. The Kier molecular flexibility index (Phi) is 5.48. The van der Waals surface area contributed by atoms with Crippen LogP contribution in [0.1, 0.15) is 11.1 Å². The number of hydrogen-bond acceptors (Lipinski definition) is 6. The third-order valence-corrected chi connectivity index (χ3v) is 5.75. The van der Waals surface area contributed by atoms with Crippen LogP contribution in [-0.4, -0.2) is 84.9 Å². The van der Waals surface area contributed by atoms with Crippen molar-refractivity contribution < 1.29 is 14.6 Å². The Morgan fingerprint density at radius 3 is 2.75 bits per heavy atom. The van der Waals surface area contributed by atoms with Crippen molar-refractivity contribution in [2.24, 2.45) is 0 Å². The molecule has 150 valence electrons. The molecule has 2 saturated heterocycles. The van der Waals surface area contributed by atoms with E-state index in [0.29, 0.717) is 26.3 Å². The van der Waals surface area contributed by atoms with Crippen molar-refractivity contribution in [3.05, 3.63) is 35.4 Å². The van der Waals surface area contributed by atoms with Gasteiger partial charge in [0, 0.05) is 50.2 Å². The summed E-state index contributed by atoms with van der Waals surface area (Å²) in [6.07, 6.45) is 0. The summed E-state index contributed by atoms with van der Waals surface area (Å²) in [6.45, 7) is 8.01. The molecule has 1 atom stereocenters. The van der Waals surface area contributed by atoms with Crippen molar-refractivity contribution >= 4 is 22.7 Å². The van der Waals surface area contributed by atoms with Gasteiger partial charge in [-0.25, -0.2) is 4.98 Å². The van der Waals surface area contributed by atoms with Gasteiger partial charge in [0.1, 0.15) is 11.9 Å². The van der Waals surface area contributed by atoms with Crippen molar-refractivity contribution in [2.75, 3.05) is 57.9 Å². The predicted molar refractivity (Wildman–Crippen MR) is 109 cm³/mol. The number of rotatable bonds is 4. The first-order valence-electron chi connectivity index (χ1n) is 9.89. The van der Waals surface area contributed by atoms with E-state index in [9.17, 15) is 9.90 Å². The normalized spacial score (nSPS) is 21.9. The summed E-state index contributed by atoms with van der Waals surface area (Å²) in [5, 5.41) is 10.6. The Bertz CT molecular complexity index is 866. The van der Waals surface area contributed by atoms with Crippen molar-refractivity contribution in [3.8, 4) is 0 Å². The van der Waals surface area contributed by atoms with Crippen LogP contribution in [0.3, 0.4) is 0 Å². The van der Waals surface area contributed by atoms with Gasteiger partial charge in [-0.2, -0.15) is 0 Å². The lowest BCUT2D eigenvalue weighted by molar-refractivity contribution is -0.145. The zero-order valence-corrected chi connectivity index (χ0v) is 16.6. The second-order valence-electron chi connectivity index (χ2n) is 7.84. The average Bonchev–Trinajstić information content (AvgIpc) is 2.69. The number of carbonyl (C=O) groups is 1. The Balaban J connectivity index is 1.66. The number of aryl methyl sites for hydroxylation is 1. The molecule has 3 heterocycles. The average molecular weight is 384 g/mol. The van der Waals surface area contributed by atoms with Gasteiger partial charge in [0.2, 0.25) is 0 Å². The van der Waals surface area contributed by atoms with Crippen LogP contribution in [0.15, 0.2) is 24.3 Å². The standard InChI is InChI=1S/C21H28N4O3/c1-15-3-4-16-12-17(13-24-6-5-23(2)19(14-24)21(26)27)20(22-18(16)11-15)25-7-9-28-10-8-25/h3-4,11-12,19H,5-10,13-14H2,1-2H3,(H,26,27)/t19-/m0/s1. The number of nitrogens with zero attached hydrogens (tertiary/aromatic N) is 4. The number of ether oxygens (including phenoxy) is 1. The van der Waals surface area contributed by atoms with E-state index in [2.05, 4.69) is 41.0 Å². The number of benzene rings is 1. The molecule has 1 aromatic heterocycles. The number of likely N-dealkylation sites (N-methyl/N-ethyl adjacent to an activating group) is 1. The summed E-state index contributed by atoms with van der Waals surface area (Å²) in [4.78, 5) is 23.0. The van der Waals surface area contributed by atoms with Gasteiger partial charge in [0.15, 0.2) is 0 Å². The number of carboxylic acids is 1. The maximum atomic E-state index is 11.6. The molecular formula is C21H28N4O3. The SMILES string of the molecule is Cc1ccc2cc(CN3CCN(C)[C@H](C(=O)O)C3)c(N3CCOCC3)nc2c1. The molecule has 28 heavy (non-hydrogen) atoms. The minimum absolute atomic E-state index is 0.461. The molecule has 2 fully saturated rings. The quantitative estimate of drug-likeness (QED) is 0.858. The van der Waals surface area contributed by atoms with Crippen LogP contribution in [0, 0.1) is 6.92 Å². The van der Waals surface area contributed by atoms with E-state index in [4.69, 9.17) is 9.72 Å². The van der Waals surface area contributed by atoms with Gasteiger partial charge in [-0.05, 0) is 31.7 Å². The Labute approximate surface area is 165 Å². The molecule has 0 radical (unpaired) electrons. The monoisotopic (exact) mass is 384 g/mol. The van der Waals surface area contributed by atoms with E-state index in [1.54, 1.807) is 0 Å². The molecule has 2 aromatic rings. The van der Waals surface area contributed by atoms with Crippen LogP contribution in [0.25, 0.3) is 10.9 Å². The number of aliphatic carboxylic acids is 1. The van der Waals surface area contributed by atoms with Crippen molar-refractivity contribution in [2.45, 2.75) is 19.5 Å². The van der Waals surface area contributed by atoms with Crippen LogP contribution >= 0.6 is 0 Å². The Hall–Kier alpha value is -2.22. The summed E-state index contributed by atoms with van der Waals surface area (Å²) in [5.74, 6) is 0.250. The molecule has 0 saturated carbocycles. The molecule has 0 unspecified atom stereocenters. The summed E-state index contributed by atoms with van der Waals surface area (Å²) in [6, 6.07) is 8.11. The molecule has 1 aromatic carbocycles. The minimum atomic E-state index is -0.757. The molecule has 7 nitrogen and oxygen atoms in total. The van der Waals surface area contributed by atoms with Gasteiger partial charge in [-0.15, -0.1) is 0 Å². The number of anilines is 1. The zero-order chi connectivity index (χ0) is 19.7. The molecule has 0 spiro atoms. The van der Waals surface area contributed by atoms with Crippen molar-refractivity contribution in [1.82, 2.24) is 14.8 Å². The van der Waals surface area contributed by atoms with Crippen LogP contribution in [0.5, 0.6) is 0 Å². The van der Waals surface area contributed by atoms with Gasteiger partial charge in [-0.1, -0.05) is 12.1 Å². The molecule has 4 rings (SSSR count). The number of hydrogen-bond donors (Lipinski definition) is 1. The maximum absolute atomic E-state index is 11.6. The first-order chi connectivity index (χ1) is 13.5. The molecule has 0 bridgehead atoms. The van der Waals surface area contributed by atoms with E-state index >= 15 is 0 Å². The Morgan fingerprint density at radius 2 is 2.00 bits per heavy atom. The number of pyridine rings is 1. The number of carboxylic acid groups (broad SMARTS) is 1. The minimum Gasteiger partial charge on any atom is -0.480 e. The van der Waals surface area contributed by atoms with Gasteiger partial charge in [0.25, 0.3) is 0 Å². The van der Waals surface area contributed by atoms with Crippen LogP contribution < -0.4 is 4.90 Å². The van der Waals surface area contributed by atoms with Crippen LogP contribution in [-0.2, 0) is 16.1 Å². The van der Waals surface area contributed by atoms with Gasteiger partial charge >= 0.3 is 5.97 Å². The highest BCUT2D eigenvalue weighted by molar-refractivity contribution is 5.82. The predicted octanol–water partition coefficient (Wildman–Crippen LogP) is 1.58. The van der Waals surface area contributed by atoms with Crippen LogP contribution in [0.4, 0.5) is 5.82 Å². The molecular weight excluding hydrogens is 356 g/mol. The summed E-state index contributed by atoms with van der Waals surface area (Å²) in [7, 11) is 1.88. The van der Waals surface area contributed by atoms with Gasteiger partial charge in [-0.3, -0.25) is 14.6 Å². The second-order valence-corrected chi connectivity index (χ2v) is 7.84. The highest BCUT2D eigenvalue weighted by atomic mass is 16.5. The lowest BCUT2D eigenvalue weighted by atomic mass is 10.1. The van der Waals surface area contributed by atoms with Gasteiger partial charge < -0.3 is 14.7 Å². The van der Waals surface area contributed by atoms with E-state index in [1.165, 1.54) is 5.56 Å². The van der Waals surface area contributed by atoms with Crippen molar-refractivity contribution in [1.29, 1.82) is 0 Å². The molecule has 2 aliphatic heterocycles. The second kappa shape index (κ2) is 8.03. The molecule has 7 heteroatoms. The third-order valence-electron chi connectivity index (χ3n) is 5.75. The number of aromatic nitrogens is 1. The highest BCUT2D eigenvalue weighted by Crippen LogP contribution is 2.27. The maximum Gasteiger partial charge on any atom is 0.322 e. The number of piperazine rings is 1. The lowest BCUT2D eigenvalue weighted by Gasteiger charge is -2.38. The fourth-order valence-corrected chi connectivity index (χ4v) is 4.06. The largest absolute Gasteiger partial charge is 0.480 e. The molecule has 0 aliphatic carbocycles. The smallest absolute Gasteiger partial charge is 0.322 e. The highest BCUT2D eigenvalue weighted by Gasteiger charge is 2.30. The lowest BCUT2D eigenvalue weighted by Crippen LogP contribution is -2.54. The van der Waals surface area contributed by atoms with Gasteiger partial charge in [0.05, 0.1) is 18.7 Å². The molecule has 0 amide bonds. The van der Waals surface area contributed by atoms with Crippen LogP contribution in [0.2, 0.25) is 0 Å². The van der Waals surface area contributed by atoms with E-state index < -0.39 is 12.0 Å². The summed E-state index contributed by atoms with van der Waals surface area (Å²) >= 11 is 0. The zero-order valence-electron chi connectivity index (χ0n) is 16.6. The molecule has 1 N–H and O–H groups in total. The number of morpholine rings is 1. The molecule has 2 aliphatic rings. The number of fused-ring (bicyclic) bond motifs is 1. The fraction of sp³-hybridized carbons (Fsp3) is 0.524. The first kappa shape index (κ1) is 19.1. The van der Waals surface area contributed by atoms with E-state index in [-0.39, 0.29) is 0 Å². The Morgan fingerprint density at radius 1 is 1.21 bits per heavy atom. The third kappa shape index (κ3) is 3.97. The summed E-state index contributed by atoms with van der Waals surface area (Å²) in [5.41, 5.74) is 3.36. The topological polar surface area (TPSA) is 69.1 Å². The summed E-state index contributed by atoms with van der Waals surface area (Å²) < 4.78 is 5.52. The van der Waals surface area contributed by atoms with E-state index in [1.807, 2.05) is 11.9 Å².